The molecule has 0 aliphatic heterocycles. The van der Waals surface area contributed by atoms with Crippen molar-refractivity contribution in [2.45, 2.75) is 37.9 Å². The third-order valence-corrected chi connectivity index (χ3v) is 3.15. The summed E-state index contributed by atoms with van der Waals surface area (Å²) >= 11 is 0. The van der Waals surface area contributed by atoms with Crippen molar-refractivity contribution in [2.24, 2.45) is 0 Å². The maximum absolute atomic E-state index is 12.4. The molecule has 2 N–H and O–H groups in total. The molecule has 1 heterocycles. The number of carbonyl (C=O) groups is 1. The lowest BCUT2D eigenvalue weighted by Gasteiger charge is -2.12. The van der Waals surface area contributed by atoms with Gasteiger partial charge in [-0.1, -0.05) is 12.8 Å². The van der Waals surface area contributed by atoms with E-state index in [2.05, 4.69) is 5.32 Å². The van der Waals surface area contributed by atoms with Crippen molar-refractivity contribution in [1.29, 1.82) is 0 Å². The van der Waals surface area contributed by atoms with Crippen LogP contribution in [0.4, 0.5) is 13.2 Å². The van der Waals surface area contributed by atoms with Gasteiger partial charge in [0.2, 0.25) is 0 Å². The fourth-order valence-corrected chi connectivity index (χ4v) is 2.15. The highest BCUT2D eigenvalue weighted by atomic mass is 19.4. The quantitative estimate of drug-likeness (QED) is 0.867. The van der Waals surface area contributed by atoms with E-state index >= 15 is 0 Å². The number of nitrogens with one attached hydrogen (secondary N) is 2. The summed E-state index contributed by atoms with van der Waals surface area (Å²) in [7, 11) is 0. The second kappa shape index (κ2) is 5.07. The molecule has 0 spiro atoms. The number of carbonyl (C=O) groups excluding carboxylic acids is 1. The molecular weight excluding hydrogens is 261 g/mol. The van der Waals surface area contributed by atoms with Crippen molar-refractivity contribution in [1.82, 2.24) is 10.3 Å². The van der Waals surface area contributed by atoms with Gasteiger partial charge in [-0.25, -0.2) is 0 Å². The predicted octanol–water partition coefficient (Wildman–Crippen LogP) is 2.07. The van der Waals surface area contributed by atoms with Crippen LogP contribution < -0.4 is 10.9 Å². The average molecular weight is 274 g/mol. The smallest absolute Gasteiger partial charge is 0.349 e. The van der Waals surface area contributed by atoms with Crippen LogP contribution in [0.2, 0.25) is 0 Å². The molecule has 0 saturated heterocycles. The first-order valence-electron chi connectivity index (χ1n) is 5.99. The van der Waals surface area contributed by atoms with Gasteiger partial charge < -0.3 is 10.3 Å². The van der Waals surface area contributed by atoms with Crippen LogP contribution in [-0.4, -0.2) is 16.9 Å². The topological polar surface area (TPSA) is 62.0 Å². The molecule has 7 heteroatoms. The number of hydrogen-bond donors (Lipinski definition) is 2. The Morgan fingerprint density at radius 3 is 2.42 bits per heavy atom. The third-order valence-electron chi connectivity index (χ3n) is 3.15. The van der Waals surface area contributed by atoms with Crippen molar-refractivity contribution < 1.29 is 18.0 Å². The van der Waals surface area contributed by atoms with Gasteiger partial charge in [0.05, 0.1) is 0 Å². The molecule has 4 nitrogen and oxygen atoms in total. The minimum absolute atomic E-state index is 0.00851. The minimum atomic E-state index is -4.63. The van der Waals surface area contributed by atoms with Crippen LogP contribution in [0.25, 0.3) is 0 Å². The SMILES string of the molecule is O=C(NC1CCCC1)c1ccc(C(F)(F)F)[nH]c1=O. The molecule has 0 unspecified atom stereocenters. The molecule has 104 valence electrons. The highest BCUT2D eigenvalue weighted by molar-refractivity contribution is 5.94. The Labute approximate surface area is 107 Å². The van der Waals surface area contributed by atoms with Gasteiger partial charge in [0, 0.05) is 6.04 Å². The van der Waals surface area contributed by atoms with Crippen LogP contribution in [0.15, 0.2) is 16.9 Å². The van der Waals surface area contributed by atoms with E-state index in [0.717, 1.165) is 31.7 Å². The third kappa shape index (κ3) is 3.15. The molecule has 1 aromatic heterocycles. The van der Waals surface area contributed by atoms with Gasteiger partial charge in [-0.3, -0.25) is 9.59 Å². The van der Waals surface area contributed by atoms with Crippen LogP contribution in [0.3, 0.4) is 0 Å². The number of rotatable bonds is 2. The molecule has 0 bridgehead atoms. The van der Waals surface area contributed by atoms with Gasteiger partial charge in [-0.2, -0.15) is 13.2 Å². The van der Waals surface area contributed by atoms with Gasteiger partial charge in [0.1, 0.15) is 11.3 Å². The van der Waals surface area contributed by atoms with E-state index in [1.807, 2.05) is 0 Å². The van der Waals surface area contributed by atoms with E-state index in [0.29, 0.717) is 6.07 Å². The second-order valence-electron chi connectivity index (χ2n) is 4.57. The van der Waals surface area contributed by atoms with E-state index in [4.69, 9.17) is 0 Å². The number of halogens is 3. The monoisotopic (exact) mass is 274 g/mol. The van der Waals surface area contributed by atoms with Gasteiger partial charge in [-0.05, 0) is 25.0 Å². The van der Waals surface area contributed by atoms with E-state index in [1.165, 1.54) is 0 Å². The first-order valence-corrected chi connectivity index (χ1v) is 5.99. The van der Waals surface area contributed by atoms with Crippen LogP contribution >= 0.6 is 0 Å². The van der Waals surface area contributed by atoms with Gasteiger partial charge >= 0.3 is 6.18 Å². The molecule has 2 rings (SSSR count). The van der Waals surface area contributed by atoms with Crippen molar-refractivity contribution in [3.05, 3.63) is 33.7 Å². The second-order valence-corrected chi connectivity index (χ2v) is 4.57. The Kier molecular flexibility index (Phi) is 3.64. The largest absolute Gasteiger partial charge is 0.431 e. The number of aromatic nitrogens is 1. The highest BCUT2D eigenvalue weighted by Crippen LogP contribution is 2.26. The fraction of sp³-hybridized carbons (Fsp3) is 0.500. The summed E-state index contributed by atoms with van der Waals surface area (Å²) in [6.45, 7) is 0. The number of pyridine rings is 1. The maximum atomic E-state index is 12.4. The minimum Gasteiger partial charge on any atom is -0.349 e. The Bertz CT molecular complexity index is 531. The first kappa shape index (κ1) is 13.6. The van der Waals surface area contributed by atoms with Crippen molar-refractivity contribution >= 4 is 5.91 Å². The standard InChI is InChI=1S/C12H13F3N2O2/c13-12(14,15)9-6-5-8(11(19)17-9)10(18)16-7-3-1-2-4-7/h5-7H,1-4H2,(H,16,18)(H,17,19). The summed E-state index contributed by atoms with van der Waals surface area (Å²) in [5.41, 5.74) is -2.47. The van der Waals surface area contributed by atoms with Crippen LogP contribution in [0.1, 0.15) is 41.7 Å². The molecule has 0 aromatic carbocycles. The number of H-pyrrole nitrogens is 1. The van der Waals surface area contributed by atoms with Crippen LogP contribution in [-0.2, 0) is 6.18 Å². The molecule has 1 fully saturated rings. The molecule has 1 amide bonds. The fourth-order valence-electron chi connectivity index (χ4n) is 2.15. The number of alkyl halides is 3. The van der Waals surface area contributed by atoms with E-state index in [9.17, 15) is 22.8 Å². The summed E-state index contributed by atoms with van der Waals surface area (Å²) in [5, 5.41) is 2.65. The zero-order chi connectivity index (χ0) is 14.0. The molecule has 0 atom stereocenters. The van der Waals surface area contributed by atoms with E-state index < -0.39 is 23.3 Å². The predicted molar refractivity (Wildman–Crippen MR) is 61.8 cm³/mol. The summed E-state index contributed by atoms with van der Waals surface area (Å²) < 4.78 is 37.1. The van der Waals surface area contributed by atoms with Crippen molar-refractivity contribution in [3.8, 4) is 0 Å². The first-order chi connectivity index (χ1) is 8.88. The average Bonchev–Trinajstić information content (AvgIpc) is 2.80. The number of amides is 1. The number of aromatic amines is 1. The molecular formula is C12H13F3N2O2. The molecule has 1 aromatic rings. The Hall–Kier alpha value is -1.79. The van der Waals surface area contributed by atoms with Crippen molar-refractivity contribution in [2.75, 3.05) is 0 Å². The zero-order valence-electron chi connectivity index (χ0n) is 10.0. The normalized spacial score (nSPS) is 16.6. The maximum Gasteiger partial charge on any atom is 0.431 e. The Balaban J connectivity index is 2.16. The van der Waals surface area contributed by atoms with E-state index in [1.54, 1.807) is 4.98 Å². The lowest BCUT2D eigenvalue weighted by molar-refractivity contribution is -0.141. The zero-order valence-corrected chi connectivity index (χ0v) is 10.0. The molecule has 1 aliphatic rings. The van der Waals surface area contributed by atoms with Crippen LogP contribution in [0.5, 0.6) is 0 Å². The number of hydrogen-bond acceptors (Lipinski definition) is 2. The lowest BCUT2D eigenvalue weighted by atomic mass is 10.2. The molecule has 1 aliphatic carbocycles. The summed E-state index contributed by atoms with van der Waals surface area (Å²) in [5.74, 6) is -0.623. The van der Waals surface area contributed by atoms with Gasteiger partial charge in [0.25, 0.3) is 11.5 Å². The summed E-state index contributed by atoms with van der Waals surface area (Å²) in [6.07, 6.45) is -0.934. The highest BCUT2D eigenvalue weighted by Gasteiger charge is 2.32. The van der Waals surface area contributed by atoms with E-state index in [-0.39, 0.29) is 11.6 Å². The molecule has 19 heavy (non-hydrogen) atoms. The van der Waals surface area contributed by atoms with Gasteiger partial charge in [-0.15, -0.1) is 0 Å². The Morgan fingerprint density at radius 2 is 1.89 bits per heavy atom. The summed E-state index contributed by atoms with van der Waals surface area (Å²) in [4.78, 5) is 24.9. The summed E-state index contributed by atoms with van der Waals surface area (Å²) in [6, 6.07) is 1.62. The van der Waals surface area contributed by atoms with Crippen molar-refractivity contribution in [3.63, 3.8) is 0 Å². The van der Waals surface area contributed by atoms with Gasteiger partial charge in [0.15, 0.2) is 0 Å². The molecule has 1 saturated carbocycles. The molecule has 0 radical (unpaired) electrons. The lowest BCUT2D eigenvalue weighted by Crippen LogP contribution is -2.36. The van der Waals surface area contributed by atoms with Crippen LogP contribution in [0, 0.1) is 0 Å². The Morgan fingerprint density at radius 1 is 1.26 bits per heavy atom.